The maximum Gasteiger partial charge on any atom is 0.262 e. The zero-order valence-corrected chi connectivity index (χ0v) is 34.1. The number of carbonyl (C=O) groups is 10. The van der Waals surface area contributed by atoms with E-state index >= 15 is 0 Å². The molecule has 0 spiro atoms. The molecule has 21 heteroatoms. The zero-order valence-electron chi connectivity index (χ0n) is 34.1. The van der Waals surface area contributed by atoms with Gasteiger partial charge in [0.1, 0.15) is 18.1 Å². The summed E-state index contributed by atoms with van der Waals surface area (Å²) in [6.07, 6.45) is -1.30. The summed E-state index contributed by atoms with van der Waals surface area (Å²) in [6.45, 7) is 0. The number of aliphatic hydroxyl groups is 2. The summed E-state index contributed by atoms with van der Waals surface area (Å²) in [5.41, 5.74) is 4.48. The minimum atomic E-state index is -1.18. The predicted molar refractivity (Wildman–Crippen MR) is 219 cm³/mol. The molecule has 3 fully saturated rings. The highest BCUT2D eigenvalue weighted by molar-refractivity contribution is 6.23. The Kier molecular flexibility index (Phi) is 12.1. The van der Waals surface area contributed by atoms with Gasteiger partial charge in [-0.05, 0) is 67.8 Å². The molecule has 63 heavy (non-hydrogen) atoms. The molecule has 0 radical (unpaired) electrons. The number of fused-ring (bicyclic) bond motifs is 3. The van der Waals surface area contributed by atoms with E-state index in [1.807, 2.05) is 0 Å². The first-order chi connectivity index (χ1) is 30.1. The Bertz CT molecular complexity index is 2470. The number of aliphatic hydroxyl groups excluding tert-OH is 2. The molecule has 0 bridgehead atoms. The third-order valence-corrected chi connectivity index (χ3v) is 11.5. The Labute approximate surface area is 358 Å². The fourth-order valence-corrected chi connectivity index (χ4v) is 8.19. The van der Waals surface area contributed by atoms with Gasteiger partial charge in [-0.3, -0.25) is 78.6 Å². The summed E-state index contributed by atoms with van der Waals surface area (Å²) in [6, 6.07) is 12.4. The molecule has 0 aliphatic carbocycles. The molecule has 21 nitrogen and oxygen atoms in total. The van der Waals surface area contributed by atoms with Gasteiger partial charge in [0.2, 0.25) is 35.4 Å². The quantitative estimate of drug-likeness (QED) is 0.152. The fraction of sp³-hybridized carbons (Fsp3) is 0.333. The van der Waals surface area contributed by atoms with Gasteiger partial charge in [0.15, 0.2) is 12.5 Å². The second-order valence-corrected chi connectivity index (χ2v) is 15.2. The van der Waals surface area contributed by atoms with E-state index in [2.05, 4.69) is 31.9 Å². The van der Waals surface area contributed by atoms with Gasteiger partial charge in [-0.2, -0.15) is 0 Å². The number of hydrogen-bond acceptors (Lipinski definition) is 15. The van der Waals surface area contributed by atoms with Crippen molar-refractivity contribution in [1.82, 2.24) is 30.7 Å². The van der Waals surface area contributed by atoms with E-state index < -0.39 is 71.9 Å². The lowest BCUT2D eigenvalue weighted by molar-refractivity contribution is -0.140. The summed E-state index contributed by atoms with van der Waals surface area (Å²) in [5.74, 6) is -4.56. The number of carbonyl (C=O) groups excluding carboxylic acids is 10. The van der Waals surface area contributed by atoms with Crippen LogP contribution in [0.1, 0.15) is 104 Å². The number of piperidine rings is 3. The highest BCUT2D eigenvalue weighted by Gasteiger charge is 2.47. The summed E-state index contributed by atoms with van der Waals surface area (Å²) in [5, 5.41) is 36.0. The lowest BCUT2D eigenvalue weighted by Gasteiger charge is -2.31. The van der Waals surface area contributed by atoms with Crippen LogP contribution in [-0.2, 0) is 28.8 Å². The number of hydrogen-bond donors (Lipinski definition) is 8. The lowest BCUT2D eigenvalue weighted by Crippen LogP contribution is -2.54. The normalized spacial score (nSPS) is 23.7. The van der Waals surface area contributed by atoms with Crippen molar-refractivity contribution < 1.29 is 58.2 Å². The van der Waals surface area contributed by atoms with Gasteiger partial charge >= 0.3 is 0 Å². The standard InChI is InChI=1S/2C14H15N3O4.C14H13N3O4/c3*1-15-7-2-3-8-9(6-7)14(21)17(13(8)20)10-4-5-11(18)16-12(10)19/h2-3,6,10,14-15,21H,4-5H2,1H3,(H,16,18,19);2-3,6,10,13,15,20H,4-5H2,1H3,(H,16,18,19);2-3,6,10,15H,4-5H2,1H3,(H,16,18,19). The van der Waals surface area contributed by atoms with Crippen molar-refractivity contribution in [3.63, 3.8) is 0 Å². The highest BCUT2D eigenvalue weighted by Crippen LogP contribution is 2.38. The molecule has 3 aromatic rings. The van der Waals surface area contributed by atoms with E-state index in [1.54, 1.807) is 75.7 Å². The molecule has 5 atom stereocenters. The second kappa shape index (κ2) is 17.5. The summed E-state index contributed by atoms with van der Waals surface area (Å²) in [7, 11) is 5.18. The molecule has 9 rings (SSSR count). The number of anilines is 3. The van der Waals surface area contributed by atoms with Crippen LogP contribution < -0.4 is 31.9 Å². The van der Waals surface area contributed by atoms with E-state index in [0.29, 0.717) is 27.9 Å². The van der Waals surface area contributed by atoms with Crippen LogP contribution in [0.15, 0.2) is 54.6 Å². The Hall–Kier alpha value is -7.52. The third kappa shape index (κ3) is 8.06. The van der Waals surface area contributed by atoms with E-state index in [9.17, 15) is 58.2 Å². The minimum absolute atomic E-state index is 0.117. The van der Waals surface area contributed by atoms with Crippen molar-refractivity contribution in [3.05, 3.63) is 88.0 Å². The summed E-state index contributed by atoms with van der Waals surface area (Å²) < 4.78 is 0. The van der Waals surface area contributed by atoms with Crippen LogP contribution in [0.5, 0.6) is 0 Å². The first-order valence-electron chi connectivity index (χ1n) is 19.9. The molecule has 10 amide bonds. The number of rotatable bonds is 6. The first-order valence-corrected chi connectivity index (χ1v) is 19.9. The molecule has 0 aromatic heterocycles. The molecule has 3 aromatic carbocycles. The molecule has 6 aliphatic heterocycles. The van der Waals surface area contributed by atoms with Crippen LogP contribution in [0.25, 0.3) is 0 Å². The Balaban J connectivity index is 0.000000142. The van der Waals surface area contributed by atoms with Crippen LogP contribution in [0.4, 0.5) is 17.1 Å². The van der Waals surface area contributed by atoms with E-state index in [0.717, 1.165) is 26.1 Å². The molecule has 6 heterocycles. The molecule has 6 aliphatic rings. The van der Waals surface area contributed by atoms with Crippen molar-refractivity contribution in [2.24, 2.45) is 0 Å². The monoisotopic (exact) mass is 865 g/mol. The number of benzene rings is 3. The topological polar surface area (TPSA) is 293 Å². The highest BCUT2D eigenvalue weighted by atomic mass is 16.3. The molecule has 5 unspecified atom stereocenters. The molecule has 328 valence electrons. The smallest absolute Gasteiger partial charge is 0.262 e. The van der Waals surface area contributed by atoms with Crippen molar-refractivity contribution >= 4 is 76.1 Å². The van der Waals surface area contributed by atoms with Gasteiger partial charge in [-0.1, -0.05) is 6.07 Å². The lowest BCUT2D eigenvalue weighted by atomic mass is 10.0. The number of amides is 10. The van der Waals surface area contributed by atoms with Gasteiger partial charge in [-0.25, -0.2) is 0 Å². The Morgan fingerprint density at radius 1 is 0.460 bits per heavy atom. The van der Waals surface area contributed by atoms with Crippen LogP contribution in [0.2, 0.25) is 0 Å². The zero-order chi connectivity index (χ0) is 45.4. The number of imide groups is 4. The maximum atomic E-state index is 12.5. The maximum absolute atomic E-state index is 12.5. The Morgan fingerprint density at radius 3 is 1.35 bits per heavy atom. The van der Waals surface area contributed by atoms with Crippen molar-refractivity contribution in [2.75, 3.05) is 37.1 Å². The number of nitrogens with one attached hydrogen (secondary N) is 6. The Morgan fingerprint density at radius 2 is 0.857 bits per heavy atom. The summed E-state index contributed by atoms with van der Waals surface area (Å²) in [4.78, 5) is 122. The first kappa shape index (κ1) is 43.6. The molecular weight excluding hydrogens is 823 g/mol. The number of nitrogens with zero attached hydrogens (tertiary/aromatic N) is 3. The minimum Gasteiger partial charge on any atom is -0.388 e. The molecule has 0 saturated carbocycles. The van der Waals surface area contributed by atoms with E-state index in [4.69, 9.17) is 0 Å². The average molecular weight is 866 g/mol. The SMILES string of the molecule is CNc1ccc2c(c1)C(=O)N(C1CCC(=O)NC1=O)C2=O.CNc1ccc2c(c1)C(=O)N(C1CCC(=O)NC1=O)C2O.CNc1ccc2c(c1)C(O)N(C1CCC(=O)NC1=O)C2=O. The average Bonchev–Trinajstić information content (AvgIpc) is 3.77. The third-order valence-electron chi connectivity index (χ3n) is 11.5. The summed E-state index contributed by atoms with van der Waals surface area (Å²) >= 11 is 0. The molecule has 8 N–H and O–H groups in total. The van der Waals surface area contributed by atoms with Crippen LogP contribution in [0.3, 0.4) is 0 Å². The van der Waals surface area contributed by atoms with Crippen LogP contribution in [-0.4, -0.2) is 123 Å². The molecular formula is C42H43N9O12. The second-order valence-electron chi connectivity index (χ2n) is 15.2. The van der Waals surface area contributed by atoms with Gasteiger partial charge in [0.25, 0.3) is 23.6 Å². The fourth-order valence-electron chi connectivity index (χ4n) is 8.19. The van der Waals surface area contributed by atoms with Crippen LogP contribution in [0, 0.1) is 0 Å². The van der Waals surface area contributed by atoms with E-state index in [-0.39, 0.29) is 67.4 Å². The van der Waals surface area contributed by atoms with Gasteiger partial charge < -0.3 is 26.2 Å². The van der Waals surface area contributed by atoms with Gasteiger partial charge in [-0.15, -0.1) is 0 Å². The van der Waals surface area contributed by atoms with Crippen molar-refractivity contribution in [2.45, 2.75) is 69.1 Å². The van der Waals surface area contributed by atoms with Gasteiger partial charge in [0.05, 0.1) is 11.1 Å². The molecule has 3 saturated heterocycles. The van der Waals surface area contributed by atoms with Gasteiger partial charge in [0, 0.05) is 79.7 Å². The van der Waals surface area contributed by atoms with Crippen LogP contribution >= 0.6 is 0 Å². The van der Waals surface area contributed by atoms with Crippen molar-refractivity contribution in [3.8, 4) is 0 Å². The van der Waals surface area contributed by atoms with Crippen molar-refractivity contribution in [1.29, 1.82) is 0 Å². The van der Waals surface area contributed by atoms with E-state index in [1.165, 1.54) is 0 Å². The predicted octanol–water partition coefficient (Wildman–Crippen LogP) is 0.0899. The largest absolute Gasteiger partial charge is 0.388 e.